The van der Waals surface area contributed by atoms with Gasteiger partial charge in [0.05, 0.1) is 11.3 Å². The van der Waals surface area contributed by atoms with Crippen LogP contribution >= 0.6 is 28.1 Å². The lowest BCUT2D eigenvalue weighted by molar-refractivity contribution is -0.122. The molecule has 0 atom stereocenters. The van der Waals surface area contributed by atoms with E-state index < -0.39 is 23.6 Å². The Morgan fingerprint density at radius 1 is 1.09 bits per heavy atom. The van der Waals surface area contributed by atoms with Crippen LogP contribution in [-0.4, -0.2) is 28.0 Å². The second-order valence-corrected chi connectivity index (χ2v) is 8.71. The van der Waals surface area contributed by atoms with E-state index in [1.54, 1.807) is 30.3 Å². The third-order valence-corrected chi connectivity index (χ3v) is 5.83. The molecule has 1 aliphatic heterocycles. The van der Waals surface area contributed by atoms with E-state index in [0.717, 1.165) is 10.5 Å². The van der Waals surface area contributed by atoms with E-state index >= 15 is 0 Å². The van der Waals surface area contributed by atoms with Gasteiger partial charge in [-0.2, -0.15) is 0 Å². The molecule has 7 nitrogen and oxygen atoms in total. The van der Waals surface area contributed by atoms with Gasteiger partial charge in [0.2, 0.25) is 0 Å². The van der Waals surface area contributed by atoms with Crippen molar-refractivity contribution in [3.8, 4) is 5.75 Å². The van der Waals surface area contributed by atoms with E-state index in [1.807, 2.05) is 0 Å². The molecule has 3 aromatic rings. The molecule has 0 unspecified atom stereocenters. The number of halogens is 2. The minimum absolute atomic E-state index is 0.112. The third kappa shape index (κ3) is 5.44. The minimum Gasteiger partial charge on any atom is -0.488 e. The molecule has 176 valence electrons. The summed E-state index contributed by atoms with van der Waals surface area (Å²) in [4.78, 5) is 38.0. The second kappa shape index (κ2) is 10.2. The number of carboxylic acid groups (broad SMARTS) is 1. The van der Waals surface area contributed by atoms with Gasteiger partial charge >= 0.3 is 5.97 Å². The predicted octanol–water partition coefficient (Wildman–Crippen LogP) is 4.70. The quantitative estimate of drug-likeness (QED) is 0.260. The first kappa shape index (κ1) is 24.2. The molecular formula is C25H16BrFN2O5S. The fourth-order valence-corrected chi connectivity index (χ4v) is 3.97. The van der Waals surface area contributed by atoms with Gasteiger partial charge in [-0.3, -0.25) is 19.8 Å². The molecule has 1 heterocycles. The smallest absolute Gasteiger partial charge is 0.335 e. The summed E-state index contributed by atoms with van der Waals surface area (Å²) in [5.74, 6) is -2.44. The summed E-state index contributed by atoms with van der Waals surface area (Å²) < 4.78 is 19.9. The van der Waals surface area contributed by atoms with Crippen LogP contribution in [-0.2, 0) is 16.2 Å². The number of hydrogen-bond donors (Lipinski definition) is 2. The summed E-state index contributed by atoms with van der Waals surface area (Å²) in [6, 6.07) is 16.5. The van der Waals surface area contributed by atoms with Crippen LogP contribution in [0.5, 0.6) is 5.75 Å². The van der Waals surface area contributed by atoms with E-state index in [0.29, 0.717) is 21.5 Å². The summed E-state index contributed by atoms with van der Waals surface area (Å²) in [7, 11) is 0. The maximum atomic E-state index is 13.3. The molecule has 1 fully saturated rings. The molecule has 2 N–H and O–H groups in total. The fourth-order valence-electron chi connectivity index (χ4n) is 3.31. The molecule has 1 saturated heterocycles. The number of hydrogen-bond acceptors (Lipinski definition) is 5. The van der Waals surface area contributed by atoms with Gasteiger partial charge in [-0.05, 0) is 78.5 Å². The second-order valence-electron chi connectivity index (χ2n) is 7.41. The lowest BCUT2D eigenvalue weighted by Gasteiger charge is -2.29. The molecule has 10 heteroatoms. The van der Waals surface area contributed by atoms with E-state index in [-0.39, 0.29) is 22.9 Å². The van der Waals surface area contributed by atoms with Gasteiger partial charge in [-0.15, -0.1) is 0 Å². The fraction of sp³-hybridized carbons (Fsp3) is 0.0400. The van der Waals surface area contributed by atoms with E-state index in [2.05, 4.69) is 21.2 Å². The molecular weight excluding hydrogens is 539 g/mol. The van der Waals surface area contributed by atoms with Gasteiger partial charge < -0.3 is 9.84 Å². The number of thiocarbonyl (C=S) groups is 1. The highest BCUT2D eigenvalue weighted by atomic mass is 79.9. The van der Waals surface area contributed by atoms with Crippen LogP contribution in [0.4, 0.5) is 10.1 Å². The zero-order valence-corrected chi connectivity index (χ0v) is 20.2. The van der Waals surface area contributed by atoms with Crippen LogP contribution < -0.4 is 15.0 Å². The molecule has 0 saturated carbocycles. The van der Waals surface area contributed by atoms with Crippen LogP contribution in [0.25, 0.3) is 6.08 Å². The molecule has 0 aliphatic carbocycles. The Morgan fingerprint density at radius 3 is 2.43 bits per heavy atom. The lowest BCUT2D eigenvalue weighted by atomic mass is 10.1. The molecule has 1 aliphatic rings. The first-order chi connectivity index (χ1) is 16.7. The van der Waals surface area contributed by atoms with Crippen molar-refractivity contribution < 1.29 is 28.6 Å². The highest BCUT2D eigenvalue weighted by Gasteiger charge is 2.34. The Hall–Kier alpha value is -3.89. The number of ether oxygens (including phenoxy) is 1. The van der Waals surface area contributed by atoms with Gasteiger partial charge in [-0.25, -0.2) is 9.18 Å². The maximum absolute atomic E-state index is 13.3. The average Bonchev–Trinajstić information content (AvgIpc) is 2.82. The van der Waals surface area contributed by atoms with E-state index in [4.69, 9.17) is 22.1 Å². The first-order valence-electron chi connectivity index (χ1n) is 10.1. The van der Waals surface area contributed by atoms with Crippen LogP contribution in [0.3, 0.4) is 0 Å². The monoisotopic (exact) mass is 554 g/mol. The Labute approximate surface area is 212 Å². The highest BCUT2D eigenvalue weighted by molar-refractivity contribution is 9.10. The van der Waals surface area contributed by atoms with Crippen molar-refractivity contribution in [2.24, 2.45) is 0 Å². The number of amides is 2. The molecule has 2 amide bonds. The van der Waals surface area contributed by atoms with Crippen molar-refractivity contribution in [3.05, 3.63) is 99.3 Å². The number of nitrogens with zero attached hydrogens (tertiary/aromatic N) is 1. The number of rotatable bonds is 6. The highest BCUT2D eigenvalue weighted by Crippen LogP contribution is 2.29. The predicted molar refractivity (Wildman–Crippen MR) is 134 cm³/mol. The van der Waals surface area contributed by atoms with Crippen molar-refractivity contribution in [1.29, 1.82) is 0 Å². The Bertz CT molecular complexity index is 1370. The van der Waals surface area contributed by atoms with Crippen molar-refractivity contribution in [1.82, 2.24) is 5.32 Å². The zero-order chi connectivity index (χ0) is 25.1. The van der Waals surface area contributed by atoms with Gasteiger partial charge in [0.1, 0.15) is 23.7 Å². The standard InChI is InChI=1S/C25H16BrFN2O5S/c26-17-5-10-21(34-13-14-1-3-15(4-2-14)24(32)33)16(11-17)12-20-22(30)28-25(35)29(23(20)31)19-8-6-18(27)7-9-19/h1-12H,13H2,(H,32,33)(H,28,30,35)/b20-12-. The van der Waals surface area contributed by atoms with Gasteiger partial charge in [0.25, 0.3) is 11.8 Å². The van der Waals surface area contributed by atoms with Crippen LogP contribution in [0.15, 0.2) is 76.8 Å². The number of anilines is 1. The van der Waals surface area contributed by atoms with Crippen molar-refractivity contribution in [2.75, 3.05) is 4.90 Å². The molecule has 35 heavy (non-hydrogen) atoms. The van der Waals surface area contributed by atoms with E-state index in [1.165, 1.54) is 42.5 Å². The average molecular weight is 555 g/mol. The van der Waals surface area contributed by atoms with Crippen molar-refractivity contribution >= 4 is 62.8 Å². The third-order valence-electron chi connectivity index (χ3n) is 5.05. The Morgan fingerprint density at radius 2 is 1.77 bits per heavy atom. The molecule has 4 rings (SSSR count). The molecule has 3 aromatic carbocycles. The number of benzene rings is 3. The van der Waals surface area contributed by atoms with E-state index in [9.17, 15) is 18.8 Å². The number of nitrogens with one attached hydrogen (secondary N) is 1. The molecule has 0 aromatic heterocycles. The van der Waals surface area contributed by atoms with Crippen LogP contribution in [0, 0.1) is 5.82 Å². The zero-order valence-electron chi connectivity index (χ0n) is 17.8. The number of aromatic carboxylic acids is 1. The SMILES string of the molecule is O=C1NC(=S)N(c2ccc(F)cc2)C(=O)/C1=C\c1cc(Br)ccc1OCc1ccc(C(=O)O)cc1. The van der Waals surface area contributed by atoms with Crippen LogP contribution in [0.2, 0.25) is 0 Å². The number of carboxylic acids is 1. The summed E-state index contributed by atoms with van der Waals surface area (Å²) in [5.41, 5.74) is 1.47. The minimum atomic E-state index is -1.02. The van der Waals surface area contributed by atoms with Crippen molar-refractivity contribution in [2.45, 2.75) is 6.61 Å². The van der Waals surface area contributed by atoms with Crippen LogP contribution in [0.1, 0.15) is 21.5 Å². The Kier molecular flexibility index (Phi) is 7.04. The number of carbonyl (C=O) groups is 3. The largest absolute Gasteiger partial charge is 0.488 e. The normalized spacial score (nSPS) is 14.7. The summed E-state index contributed by atoms with van der Waals surface area (Å²) in [6.45, 7) is 0.129. The van der Waals surface area contributed by atoms with Gasteiger partial charge in [0.15, 0.2) is 5.11 Å². The lowest BCUT2D eigenvalue weighted by Crippen LogP contribution is -2.54. The topological polar surface area (TPSA) is 95.9 Å². The molecule has 0 radical (unpaired) electrons. The molecule has 0 spiro atoms. The summed E-state index contributed by atoms with van der Waals surface area (Å²) in [5, 5.41) is 11.4. The summed E-state index contributed by atoms with van der Waals surface area (Å²) >= 11 is 8.55. The maximum Gasteiger partial charge on any atom is 0.335 e. The Balaban J connectivity index is 1.63. The first-order valence-corrected chi connectivity index (χ1v) is 11.3. The van der Waals surface area contributed by atoms with Crippen molar-refractivity contribution in [3.63, 3.8) is 0 Å². The molecule has 0 bridgehead atoms. The van der Waals surface area contributed by atoms with Gasteiger partial charge in [0, 0.05) is 10.0 Å². The summed E-state index contributed by atoms with van der Waals surface area (Å²) in [6.07, 6.45) is 1.39. The van der Waals surface area contributed by atoms with Gasteiger partial charge in [-0.1, -0.05) is 28.1 Å². The number of carbonyl (C=O) groups excluding carboxylic acids is 2.